The minimum absolute atomic E-state index is 0.206. The zero-order chi connectivity index (χ0) is 8.91. The molecule has 0 bridgehead atoms. The zero-order valence-corrected chi connectivity index (χ0v) is 8.62. The van der Waals surface area contributed by atoms with Crippen LogP contribution in [0.15, 0.2) is 0 Å². The summed E-state index contributed by atoms with van der Waals surface area (Å²) in [6, 6.07) is 0. The van der Waals surface area contributed by atoms with Crippen molar-refractivity contribution in [1.82, 2.24) is 0 Å². The molecule has 0 aromatic carbocycles. The highest BCUT2D eigenvalue weighted by Gasteiger charge is 2.22. The van der Waals surface area contributed by atoms with E-state index in [1.807, 2.05) is 21.0 Å². The Morgan fingerprint density at radius 3 is 2.36 bits per heavy atom. The second-order valence-electron chi connectivity index (χ2n) is 3.11. The van der Waals surface area contributed by atoms with Gasteiger partial charge in [-0.1, -0.05) is 6.92 Å². The maximum Gasteiger partial charge on any atom is 0.313 e. The summed E-state index contributed by atoms with van der Waals surface area (Å²) in [6.07, 6.45) is 1.22. The molecule has 0 aliphatic heterocycles. The number of rotatable bonds is 4. The van der Waals surface area contributed by atoms with Gasteiger partial charge in [-0.15, -0.1) is 0 Å². The summed E-state index contributed by atoms with van der Waals surface area (Å²) in [7, 11) is 3.02. The molecule has 0 aromatic heterocycles. The van der Waals surface area contributed by atoms with Gasteiger partial charge in [0.1, 0.15) is 0 Å². The average molecular weight is 178 g/mol. The van der Waals surface area contributed by atoms with Crippen LogP contribution in [0.5, 0.6) is 0 Å². The number of hydrogen-bond acceptors (Lipinski definition) is 2. The second-order valence-corrected chi connectivity index (χ2v) is 4.02. The van der Waals surface area contributed by atoms with Gasteiger partial charge in [-0.2, -0.15) is 0 Å². The molecule has 1 unspecified atom stereocenters. The van der Waals surface area contributed by atoms with Crippen molar-refractivity contribution in [2.45, 2.75) is 13.3 Å². The predicted octanol–water partition coefficient (Wildman–Crippen LogP) is 0.756. The molecule has 0 heterocycles. The van der Waals surface area contributed by atoms with E-state index < -0.39 is 8.46 Å². The van der Waals surface area contributed by atoms with Crippen molar-refractivity contribution in [3.05, 3.63) is 0 Å². The van der Waals surface area contributed by atoms with E-state index in [4.69, 9.17) is 0 Å². The van der Waals surface area contributed by atoms with Gasteiger partial charge in [0.25, 0.3) is 0 Å². The number of hydrogen-bond donors (Lipinski definition) is 0. The minimum atomic E-state index is -0.708. The van der Waals surface area contributed by atoms with Gasteiger partial charge in [0.05, 0.1) is 35.5 Å². The van der Waals surface area contributed by atoms with E-state index in [0.717, 1.165) is 0 Å². The van der Waals surface area contributed by atoms with E-state index in [2.05, 4.69) is 0 Å². The molecule has 3 nitrogen and oxygen atoms in total. The molecule has 4 heteroatoms. The lowest BCUT2D eigenvalue weighted by Gasteiger charge is -2.25. The van der Waals surface area contributed by atoms with E-state index in [0.29, 0.717) is 23.6 Å². The summed E-state index contributed by atoms with van der Waals surface area (Å²) in [5.41, 5.74) is 0. The van der Waals surface area contributed by atoms with Crippen molar-refractivity contribution in [2.24, 2.45) is 0 Å². The van der Waals surface area contributed by atoms with Gasteiger partial charge in [-0.25, -0.2) is 4.79 Å². The van der Waals surface area contributed by atoms with Gasteiger partial charge in [0.15, 0.2) is 0 Å². The zero-order valence-electron chi connectivity index (χ0n) is 7.46. The lowest BCUT2D eigenvalue weighted by atomic mass is 10.3. The molecule has 11 heavy (non-hydrogen) atoms. The van der Waals surface area contributed by atoms with Crippen molar-refractivity contribution < 1.29 is 13.8 Å². The van der Waals surface area contributed by atoms with Crippen LogP contribution in [-0.4, -0.2) is 37.2 Å². The molecule has 0 spiro atoms. The minimum Gasteiger partial charge on any atom is -0.330 e. The van der Waals surface area contributed by atoms with Crippen molar-refractivity contribution in [3.8, 4) is 0 Å². The molecule has 0 aliphatic rings. The molecule has 0 aliphatic carbocycles. The van der Waals surface area contributed by atoms with Gasteiger partial charge >= 0.3 is 5.91 Å². The van der Waals surface area contributed by atoms with E-state index in [1.165, 1.54) is 0 Å². The van der Waals surface area contributed by atoms with Gasteiger partial charge in [0, 0.05) is 6.16 Å². The first-order chi connectivity index (χ1) is 5.04. The molecule has 0 aromatic rings. The third-order valence-corrected chi connectivity index (χ3v) is 2.28. The second kappa shape index (κ2) is 4.68. The van der Waals surface area contributed by atoms with E-state index >= 15 is 0 Å². The normalized spacial score (nSPS) is 12.6. The number of carbonyl (C=O) groups is 1. The fraction of sp³-hybridized carbons (Fsp3) is 0.857. The maximum atomic E-state index is 11.2. The van der Waals surface area contributed by atoms with Crippen molar-refractivity contribution in [2.75, 3.05) is 26.8 Å². The van der Waals surface area contributed by atoms with Crippen LogP contribution in [-0.2, 0) is 9.36 Å². The van der Waals surface area contributed by atoms with Gasteiger partial charge in [-0.3, -0.25) is 4.48 Å². The largest absolute Gasteiger partial charge is 0.330 e. The first-order valence-corrected chi connectivity index (χ1v) is 5.13. The van der Waals surface area contributed by atoms with Crippen LogP contribution in [0.4, 0.5) is 0 Å². The molecule has 0 fully saturated rings. The molecule has 0 saturated heterocycles. The molecule has 0 saturated carbocycles. The van der Waals surface area contributed by atoms with E-state index in [1.54, 1.807) is 0 Å². The molecule has 0 N–H and O–H groups in total. The molecule has 0 rings (SSSR count). The Morgan fingerprint density at radius 2 is 2.00 bits per heavy atom. The average Bonchev–Trinajstić information content (AvgIpc) is 1.99. The monoisotopic (exact) mass is 178 g/mol. The van der Waals surface area contributed by atoms with Crippen LogP contribution in [0, 0.1) is 0 Å². The quantitative estimate of drug-likeness (QED) is 0.470. The highest BCUT2D eigenvalue weighted by molar-refractivity contribution is 7.23. The maximum absolute atomic E-state index is 11.2. The summed E-state index contributed by atoms with van der Waals surface area (Å²) >= 11 is 0. The van der Waals surface area contributed by atoms with Crippen molar-refractivity contribution in [1.29, 1.82) is 0 Å². The fourth-order valence-electron chi connectivity index (χ4n) is 0.928. The lowest BCUT2D eigenvalue weighted by Crippen LogP contribution is -2.46. The number of nitrogens with zero attached hydrogens (tertiary/aromatic N) is 1. The fourth-order valence-corrected chi connectivity index (χ4v) is 1.68. The van der Waals surface area contributed by atoms with Crippen LogP contribution >= 0.6 is 8.46 Å². The van der Waals surface area contributed by atoms with Crippen molar-refractivity contribution >= 4 is 14.4 Å². The Bertz CT molecular complexity index is 157. The molecule has 66 valence electrons. The van der Waals surface area contributed by atoms with Crippen LogP contribution < -0.4 is 0 Å². The summed E-state index contributed by atoms with van der Waals surface area (Å²) in [5, 5.41) is 0. The predicted molar refractivity (Wildman–Crippen MR) is 47.5 cm³/mol. The Kier molecular flexibility index (Phi) is 4.62. The topological polar surface area (TPSA) is 34.1 Å². The Balaban J connectivity index is 3.97. The molecule has 0 radical (unpaired) electrons. The van der Waals surface area contributed by atoms with Gasteiger partial charge < -0.3 is 4.57 Å². The van der Waals surface area contributed by atoms with Crippen LogP contribution in [0.1, 0.15) is 13.3 Å². The Hall–Kier alpha value is -0.140. The summed E-state index contributed by atoms with van der Waals surface area (Å²) < 4.78 is 10.6. The molecular weight excluding hydrogens is 161 g/mol. The first-order valence-electron chi connectivity index (χ1n) is 3.84. The van der Waals surface area contributed by atoms with Crippen molar-refractivity contribution in [3.63, 3.8) is 0 Å². The van der Waals surface area contributed by atoms with E-state index in [-0.39, 0.29) is 5.91 Å². The number of quaternary nitrogens is 1. The number of amides is 1. The number of carbonyl (C=O) groups excluding carboxylic acids is 1. The van der Waals surface area contributed by atoms with Gasteiger partial charge in [-0.05, 0) is 0 Å². The van der Waals surface area contributed by atoms with Crippen LogP contribution in [0.3, 0.4) is 0 Å². The molecule has 1 atom stereocenters. The Morgan fingerprint density at radius 1 is 1.45 bits per heavy atom. The summed E-state index contributed by atoms with van der Waals surface area (Å²) in [5.74, 6) is 0.206. The third kappa shape index (κ3) is 3.68. The molecule has 1 amide bonds. The lowest BCUT2D eigenvalue weighted by molar-refractivity contribution is -0.811. The first kappa shape index (κ1) is 10.9. The summed E-state index contributed by atoms with van der Waals surface area (Å²) in [4.78, 5) is 11.2. The summed E-state index contributed by atoms with van der Waals surface area (Å²) in [6.45, 7) is 2.55. The van der Waals surface area contributed by atoms with Gasteiger partial charge in [0.2, 0.25) is 0 Å². The van der Waals surface area contributed by atoms with Crippen LogP contribution in [0.25, 0.3) is 0 Å². The smallest absolute Gasteiger partial charge is 0.313 e. The standard InChI is InChI=1S/C7H17NO2P/c1-4-7(9)8(2,3)5-6-11-10/h4-6,11H2,1-3H3/q+1. The SMILES string of the molecule is CCC(=O)[N+](C)(C)CC[PH2]=O. The molecular formula is C7H17NO2P+. The van der Waals surface area contributed by atoms with E-state index in [9.17, 15) is 9.36 Å². The van der Waals surface area contributed by atoms with Crippen LogP contribution in [0.2, 0.25) is 0 Å². The highest BCUT2D eigenvalue weighted by atomic mass is 31.1. The highest BCUT2D eigenvalue weighted by Crippen LogP contribution is 2.04. The Labute approximate surface area is 69.2 Å². The third-order valence-electron chi connectivity index (χ3n) is 1.78.